The first kappa shape index (κ1) is 10.8. The van der Waals surface area contributed by atoms with Gasteiger partial charge in [-0.05, 0) is 13.3 Å². The van der Waals surface area contributed by atoms with E-state index in [9.17, 15) is 4.79 Å². The van der Waals surface area contributed by atoms with Gasteiger partial charge in [0.2, 0.25) is 5.91 Å². The van der Waals surface area contributed by atoms with Crippen LogP contribution in [0.1, 0.15) is 24.4 Å². The van der Waals surface area contributed by atoms with Crippen LogP contribution >= 0.6 is 0 Å². The molecular formula is C12H18N4O. The van der Waals surface area contributed by atoms with Crippen LogP contribution in [0.25, 0.3) is 0 Å². The van der Waals surface area contributed by atoms with Gasteiger partial charge in [-0.1, -0.05) is 0 Å². The Labute approximate surface area is 101 Å². The molecule has 0 saturated carbocycles. The van der Waals surface area contributed by atoms with E-state index in [0.29, 0.717) is 12.5 Å². The molecule has 1 aromatic heterocycles. The summed E-state index contributed by atoms with van der Waals surface area (Å²) in [6.07, 6.45) is 3.78. The molecule has 0 bridgehead atoms. The maximum atomic E-state index is 11.2. The SMILES string of the molecule is Cc1cn2c(n1)CN(C[C@@H]1CCC(=O)N1)CC2. The van der Waals surface area contributed by atoms with Crippen molar-refractivity contribution in [3.05, 3.63) is 17.7 Å². The average molecular weight is 234 g/mol. The van der Waals surface area contributed by atoms with Crippen molar-refractivity contribution in [1.82, 2.24) is 19.8 Å². The lowest BCUT2D eigenvalue weighted by atomic mass is 10.2. The van der Waals surface area contributed by atoms with Crippen LogP contribution in [0.3, 0.4) is 0 Å². The number of rotatable bonds is 2. The summed E-state index contributed by atoms with van der Waals surface area (Å²) in [5, 5.41) is 3.02. The van der Waals surface area contributed by atoms with Crippen LogP contribution < -0.4 is 5.32 Å². The largest absolute Gasteiger partial charge is 0.352 e. The Bertz CT molecular complexity index is 440. The van der Waals surface area contributed by atoms with Crippen molar-refractivity contribution in [2.45, 2.75) is 38.9 Å². The molecule has 2 aliphatic heterocycles. The van der Waals surface area contributed by atoms with Crippen LogP contribution in [0.5, 0.6) is 0 Å². The number of carbonyl (C=O) groups is 1. The zero-order valence-corrected chi connectivity index (χ0v) is 10.1. The van der Waals surface area contributed by atoms with Crippen molar-refractivity contribution in [1.29, 1.82) is 0 Å². The summed E-state index contributed by atoms with van der Waals surface area (Å²) in [6, 6.07) is 0.338. The minimum absolute atomic E-state index is 0.198. The molecule has 1 atom stereocenters. The first-order valence-corrected chi connectivity index (χ1v) is 6.25. The Morgan fingerprint density at radius 1 is 1.53 bits per heavy atom. The van der Waals surface area contributed by atoms with Gasteiger partial charge >= 0.3 is 0 Å². The van der Waals surface area contributed by atoms with Gasteiger partial charge < -0.3 is 9.88 Å². The van der Waals surface area contributed by atoms with Gasteiger partial charge in [-0.3, -0.25) is 9.69 Å². The molecule has 2 aliphatic rings. The van der Waals surface area contributed by atoms with Gasteiger partial charge in [0, 0.05) is 38.3 Å². The monoisotopic (exact) mass is 234 g/mol. The molecule has 0 radical (unpaired) electrons. The summed E-state index contributed by atoms with van der Waals surface area (Å²) < 4.78 is 2.24. The first-order valence-electron chi connectivity index (χ1n) is 6.25. The topological polar surface area (TPSA) is 50.2 Å². The highest BCUT2D eigenvalue weighted by Gasteiger charge is 2.25. The van der Waals surface area contributed by atoms with E-state index >= 15 is 0 Å². The van der Waals surface area contributed by atoms with E-state index < -0.39 is 0 Å². The molecule has 1 fully saturated rings. The van der Waals surface area contributed by atoms with Crippen LogP contribution in [0.15, 0.2) is 6.20 Å². The van der Waals surface area contributed by atoms with E-state index in [1.54, 1.807) is 0 Å². The standard InChI is InChI=1S/C12H18N4O/c1-9-6-16-5-4-15(8-11(16)13-9)7-10-2-3-12(17)14-10/h6,10H,2-5,7-8H2,1H3,(H,14,17)/t10-/m0/s1. The molecule has 3 rings (SSSR count). The lowest BCUT2D eigenvalue weighted by Crippen LogP contribution is -2.42. The zero-order valence-electron chi connectivity index (χ0n) is 10.1. The Kier molecular flexibility index (Phi) is 2.63. The number of aromatic nitrogens is 2. The Morgan fingerprint density at radius 2 is 2.41 bits per heavy atom. The average Bonchev–Trinajstić information content (AvgIpc) is 2.83. The van der Waals surface area contributed by atoms with Crippen LogP contribution in [0.4, 0.5) is 0 Å². The fraction of sp³-hybridized carbons (Fsp3) is 0.667. The van der Waals surface area contributed by atoms with Gasteiger partial charge in [0.25, 0.3) is 0 Å². The molecule has 92 valence electrons. The van der Waals surface area contributed by atoms with E-state index in [1.807, 2.05) is 6.92 Å². The van der Waals surface area contributed by atoms with Gasteiger partial charge in [0.1, 0.15) is 5.82 Å². The number of hydrogen-bond donors (Lipinski definition) is 1. The van der Waals surface area contributed by atoms with E-state index in [4.69, 9.17) is 0 Å². The molecule has 0 aromatic carbocycles. The molecule has 1 amide bonds. The molecule has 5 nitrogen and oxygen atoms in total. The fourth-order valence-electron chi connectivity index (χ4n) is 2.73. The van der Waals surface area contributed by atoms with Crippen LogP contribution in [0, 0.1) is 6.92 Å². The fourth-order valence-corrected chi connectivity index (χ4v) is 2.73. The van der Waals surface area contributed by atoms with E-state index in [1.165, 1.54) is 0 Å². The predicted molar refractivity (Wildman–Crippen MR) is 63.4 cm³/mol. The van der Waals surface area contributed by atoms with Gasteiger partial charge in [-0.15, -0.1) is 0 Å². The number of carbonyl (C=O) groups excluding carboxylic acids is 1. The molecule has 1 saturated heterocycles. The maximum absolute atomic E-state index is 11.2. The van der Waals surface area contributed by atoms with Gasteiger partial charge in [-0.25, -0.2) is 4.98 Å². The number of nitrogens with zero attached hydrogens (tertiary/aromatic N) is 3. The second kappa shape index (κ2) is 4.14. The van der Waals surface area contributed by atoms with E-state index in [-0.39, 0.29) is 5.91 Å². The minimum Gasteiger partial charge on any atom is -0.352 e. The third-order valence-electron chi connectivity index (χ3n) is 3.57. The number of imidazole rings is 1. The van der Waals surface area contributed by atoms with Crippen molar-refractivity contribution < 1.29 is 4.79 Å². The van der Waals surface area contributed by atoms with Crippen molar-refractivity contribution in [2.24, 2.45) is 0 Å². The highest BCUT2D eigenvalue weighted by atomic mass is 16.1. The highest BCUT2D eigenvalue weighted by Crippen LogP contribution is 2.15. The molecular weight excluding hydrogens is 216 g/mol. The Hall–Kier alpha value is -1.36. The number of aryl methyl sites for hydroxylation is 1. The lowest BCUT2D eigenvalue weighted by molar-refractivity contribution is -0.119. The minimum atomic E-state index is 0.198. The summed E-state index contributed by atoms with van der Waals surface area (Å²) in [4.78, 5) is 18.1. The predicted octanol–water partition coefficient (Wildman–Crippen LogP) is 0.286. The van der Waals surface area contributed by atoms with Crippen LogP contribution in [0.2, 0.25) is 0 Å². The van der Waals surface area contributed by atoms with Gasteiger partial charge in [0.05, 0.1) is 12.2 Å². The molecule has 1 aromatic rings. The van der Waals surface area contributed by atoms with Crippen molar-refractivity contribution in [3.63, 3.8) is 0 Å². The number of nitrogens with one attached hydrogen (secondary N) is 1. The third kappa shape index (κ3) is 2.20. The normalized spacial score (nSPS) is 24.8. The molecule has 5 heteroatoms. The highest BCUT2D eigenvalue weighted by molar-refractivity contribution is 5.78. The van der Waals surface area contributed by atoms with E-state index in [0.717, 1.165) is 44.1 Å². The maximum Gasteiger partial charge on any atom is 0.220 e. The molecule has 0 aliphatic carbocycles. The molecule has 0 spiro atoms. The van der Waals surface area contributed by atoms with Crippen molar-refractivity contribution in [2.75, 3.05) is 13.1 Å². The molecule has 0 unspecified atom stereocenters. The number of hydrogen-bond acceptors (Lipinski definition) is 3. The van der Waals surface area contributed by atoms with Gasteiger partial charge in [-0.2, -0.15) is 0 Å². The van der Waals surface area contributed by atoms with Gasteiger partial charge in [0.15, 0.2) is 0 Å². The molecule has 17 heavy (non-hydrogen) atoms. The Balaban J connectivity index is 1.62. The smallest absolute Gasteiger partial charge is 0.220 e. The summed E-state index contributed by atoms with van der Waals surface area (Å²) in [5.74, 6) is 1.35. The van der Waals surface area contributed by atoms with Crippen LogP contribution in [-0.2, 0) is 17.9 Å². The third-order valence-corrected chi connectivity index (χ3v) is 3.57. The zero-order chi connectivity index (χ0) is 11.8. The summed E-state index contributed by atoms with van der Waals surface area (Å²) in [5.41, 5.74) is 1.09. The first-order chi connectivity index (χ1) is 8.20. The van der Waals surface area contributed by atoms with Crippen LogP contribution in [-0.4, -0.2) is 39.5 Å². The second-order valence-electron chi connectivity index (χ2n) is 5.03. The summed E-state index contributed by atoms with van der Waals surface area (Å²) >= 11 is 0. The van der Waals surface area contributed by atoms with Crippen molar-refractivity contribution >= 4 is 5.91 Å². The Morgan fingerprint density at radius 3 is 3.18 bits per heavy atom. The van der Waals surface area contributed by atoms with Crippen molar-refractivity contribution in [3.8, 4) is 0 Å². The number of fused-ring (bicyclic) bond motifs is 1. The second-order valence-corrected chi connectivity index (χ2v) is 5.03. The summed E-state index contributed by atoms with van der Waals surface area (Å²) in [6.45, 7) is 5.96. The molecule has 1 N–H and O–H groups in total. The van der Waals surface area contributed by atoms with E-state index in [2.05, 4.69) is 26.0 Å². The number of amides is 1. The quantitative estimate of drug-likeness (QED) is 0.800. The summed E-state index contributed by atoms with van der Waals surface area (Å²) in [7, 11) is 0. The lowest BCUT2D eigenvalue weighted by Gasteiger charge is -2.29. The molecule has 3 heterocycles.